The molecule has 0 spiro atoms. The molecule has 0 heterocycles. The van der Waals surface area contributed by atoms with Gasteiger partial charge >= 0.3 is 0 Å². The Kier molecular flexibility index (Phi) is 4.87. The number of halogens is 2. The summed E-state index contributed by atoms with van der Waals surface area (Å²) in [5.41, 5.74) is 6.95. The van der Waals surface area contributed by atoms with Crippen LogP contribution in [0.15, 0.2) is 53.0 Å². The molecule has 0 fully saturated rings. The molecule has 0 radical (unpaired) electrons. The van der Waals surface area contributed by atoms with E-state index in [1.54, 1.807) is 12.1 Å². The van der Waals surface area contributed by atoms with Gasteiger partial charge in [-0.1, -0.05) is 40.2 Å². The Morgan fingerprint density at radius 3 is 2.55 bits per heavy atom. The fourth-order valence-corrected chi connectivity index (χ4v) is 2.17. The molecular weight excluding hydrogens is 323 g/mol. The highest BCUT2D eigenvalue weighted by Crippen LogP contribution is 2.17. The number of hydrogen-bond donors (Lipinski definition) is 2. The third-order valence-corrected chi connectivity index (χ3v) is 3.42. The average Bonchev–Trinajstić information content (AvgIpc) is 2.41. The zero-order valence-corrected chi connectivity index (χ0v) is 12.2. The van der Waals surface area contributed by atoms with E-state index in [4.69, 9.17) is 5.73 Å². The number of carbonyl (C=O) groups excluding carboxylic acids is 1. The van der Waals surface area contributed by atoms with Crippen LogP contribution in [0.1, 0.15) is 17.2 Å². The maximum absolute atomic E-state index is 13.1. The molecule has 3 nitrogen and oxygen atoms in total. The summed E-state index contributed by atoms with van der Waals surface area (Å²) in [4.78, 5) is 11.5. The first-order chi connectivity index (χ1) is 9.56. The molecule has 0 aliphatic carbocycles. The van der Waals surface area contributed by atoms with E-state index in [1.807, 2.05) is 24.3 Å². The second-order valence-electron chi connectivity index (χ2n) is 4.40. The molecule has 1 amide bonds. The van der Waals surface area contributed by atoms with Crippen molar-refractivity contribution in [3.8, 4) is 0 Å². The summed E-state index contributed by atoms with van der Waals surface area (Å²) in [5, 5.41) is 3.04. The van der Waals surface area contributed by atoms with Crippen molar-refractivity contribution >= 4 is 21.8 Å². The van der Waals surface area contributed by atoms with Gasteiger partial charge in [0.05, 0.1) is 0 Å². The summed E-state index contributed by atoms with van der Waals surface area (Å²) in [6, 6.07) is 12.9. The van der Waals surface area contributed by atoms with E-state index >= 15 is 0 Å². The molecule has 5 heteroatoms. The molecule has 0 aliphatic rings. The zero-order chi connectivity index (χ0) is 14.5. The lowest BCUT2D eigenvalue weighted by molar-refractivity contribution is -0.120. The lowest BCUT2D eigenvalue weighted by atomic mass is 10.1. The lowest BCUT2D eigenvalue weighted by Gasteiger charge is -2.16. The third kappa shape index (κ3) is 3.88. The summed E-state index contributed by atoms with van der Waals surface area (Å²) in [6.45, 7) is 0.363. The van der Waals surface area contributed by atoms with Crippen LogP contribution >= 0.6 is 15.9 Å². The number of rotatable bonds is 5. The summed E-state index contributed by atoms with van der Waals surface area (Å²) in [6.07, 6.45) is 0. The molecular formula is C15H14BrFN2O. The number of primary amides is 1. The first-order valence-corrected chi connectivity index (χ1v) is 6.88. The van der Waals surface area contributed by atoms with Crippen LogP contribution in [-0.4, -0.2) is 5.91 Å². The average molecular weight is 337 g/mol. The van der Waals surface area contributed by atoms with Gasteiger partial charge in [0.1, 0.15) is 11.9 Å². The Bertz CT molecular complexity index is 601. The van der Waals surface area contributed by atoms with Crippen LogP contribution in [0.2, 0.25) is 0 Å². The fraction of sp³-hybridized carbons (Fsp3) is 0.133. The van der Waals surface area contributed by atoms with Crippen molar-refractivity contribution < 1.29 is 9.18 Å². The summed E-state index contributed by atoms with van der Waals surface area (Å²) < 4.78 is 14.0. The molecule has 0 saturated heterocycles. The maximum atomic E-state index is 13.1. The Morgan fingerprint density at radius 1 is 1.25 bits per heavy atom. The van der Waals surface area contributed by atoms with Crippen LogP contribution < -0.4 is 11.1 Å². The van der Waals surface area contributed by atoms with Crippen molar-refractivity contribution in [2.75, 3.05) is 0 Å². The van der Waals surface area contributed by atoms with Crippen molar-refractivity contribution in [1.29, 1.82) is 0 Å². The molecule has 0 bridgehead atoms. The molecule has 3 N–H and O–H groups in total. The van der Waals surface area contributed by atoms with E-state index in [1.165, 1.54) is 12.1 Å². The van der Waals surface area contributed by atoms with Gasteiger partial charge in [-0.3, -0.25) is 10.1 Å². The number of amides is 1. The van der Waals surface area contributed by atoms with E-state index in [9.17, 15) is 9.18 Å². The zero-order valence-electron chi connectivity index (χ0n) is 10.6. The van der Waals surface area contributed by atoms with Crippen LogP contribution in [0.5, 0.6) is 0 Å². The smallest absolute Gasteiger partial charge is 0.239 e. The van der Waals surface area contributed by atoms with E-state index in [2.05, 4.69) is 21.2 Å². The monoisotopic (exact) mass is 336 g/mol. The minimum absolute atomic E-state index is 0.302. The number of nitrogens with one attached hydrogen (secondary N) is 1. The summed E-state index contributed by atoms with van der Waals surface area (Å²) in [7, 11) is 0. The van der Waals surface area contributed by atoms with E-state index in [0.717, 1.165) is 15.6 Å². The van der Waals surface area contributed by atoms with Crippen LogP contribution in [0.25, 0.3) is 0 Å². The topological polar surface area (TPSA) is 55.1 Å². The second-order valence-corrected chi connectivity index (χ2v) is 5.31. The maximum Gasteiger partial charge on any atom is 0.239 e. The molecule has 2 aromatic rings. The van der Waals surface area contributed by atoms with Gasteiger partial charge in [0.15, 0.2) is 0 Å². The number of nitrogens with two attached hydrogens (primary N) is 1. The van der Waals surface area contributed by atoms with Crippen LogP contribution in [0.4, 0.5) is 4.39 Å². The van der Waals surface area contributed by atoms with Gasteiger partial charge < -0.3 is 5.73 Å². The van der Waals surface area contributed by atoms with Gasteiger partial charge in [0.25, 0.3) is 0 Å². The van der Waals surface area contributed by atoms with Gasteiger partial charge in [-0.25, -0.2) is 4.39 Å². The van der Waals surface area contributed by atoms with Gasteiger partial charge in [-0.2, -0.15) is 0 Å². The normalized spacial score (nSPS) is 12.1. The summed E-state index contributed by atoms with van der Waals surface area (Å²) in [5.74, 6) is -0.771. The number of hydrogen-bond acceptors (Lipinski definition) is 2. The molecule has 1 unspecified atom stereocenters. The van der Waals surface area contributed by atoms with Gasteiger partial charge in [-0.15, -0.1) is 0 Å². The van der Waals surface area contributed by atoms with Crippen molar-refractivity contribution in [1.82, 2.24) is 5.32 Å². The molecule has 0 saturated carbocycles. The first kappa shape index (κ1) is 14.7. The highest BCUT2D eigenvalue weighted by atomic mass is 79.9. The Balaban J connectivity index is 2.10. The van der Waals surface area contributed by atoms with Crippen LogP contribution in [-0.2, 0) is 11.3 Å². The second kappa shape index (κ2) is 6.63. The van der Waals surface area contributed by atoms with Crippen molar-refractivity contribution in [3.63, 3.8) is 0 Å². The molecule has 2 rings (SSSR count). The standard InChI is InChI=1S/C15H14BrFN2O/c16-12-6-4-11(5-7-12)14(15(18)20)19-9-10-2-1-3-13(17)8-10/h1-8,14,19H,9H2,(H2,18,20). The van der Waals surface area contributed by atoms with Crippen molar-refractivity contribution in [2.45, 2.75) is 12.6 Å². The minimum atomic E-state index is -0.605. The Hall–Kier alpha value is -1.72. The predicted octanol–water partition coefficient (Wildman–Crippen LogP) is 2.90. The molecule has 104 valence electrons. The molecule has 2 aromatic carbocycles. The van der Waals surface area contributed by atoms with Gasteiger partial charge in [0, 0.05) is 11.0 Å². The molecule has 0 aliphatic heterocycles. The largest absolute Gasteiger partial charge is 0.368 e. The Morgan fingerprint density at radius 2 is 1.95 bits per heavy atom. The number of benzene rings is 2. The van der Waals surface area contributed by atoms with Crippen molar-refractivity contribution in [2.24, 2.45) is 5.73 Å². The molecule has 20 heavy (non-hydrogen) atoms. The first-order valence-electron chi connectivity index (χ1n) is 6.09. The highest BCUT2D eigenvalue weighted by molar-refractivity contribution is 9.10. The third-order valence-electron chi connectivity index (χ3n) is 2.89. The van der Waals surface area contributed by atoms with Crippen molar-refractivity contribution in [3.05, 3.63) is 69.9 Å². The highest BCUT2D eigenvalue weighted by Gasteiger charge is 2.16. The van der Waals surface area contributed by atoms with E-state index in [-0.39, 0.29) is 5.82 Å². The summed E-state index contributed by atoms with van der Waals surface area (Å²) >= 11 is 3.34. The SMILES string of the molecule is NC(=O)C(NCc1cccc(F)c1)c1ccc(Br)cc1. The fourth-order valence-electron chi connectivity index (χ4n) is 1.90. The molecule has 0 aromatic heterocycles. The number of carbonyl (C=O) groups is 1. The van der Waals surface area contributed by atoms with Crippen LogP contribution in [0.3, 0.4) is 0 Å². The predicted molar refractivity (Wildman–Crippen MR) is 79.3 cm³/mol. The van der Waals surface area contributed by atoms with Gasteiger partial charge in [-0.05, 0) is 35.4 Å². The van der Waals surface area contributed by atoms with Crippen LogP contribution in [0, 0.1) is 5.82 Å². The van der Waals surface area contributed by atoms with E-state index < -0.39 is 11.9 Å². The lowest BCUT2D eigenvalue weighted by Crippen LogP contribution is -2.33. The van der Waals surface area contributed by atoms with E-state index in [0.29, 0.717) is 6.54 Å². The Labute approximate surface area is 125 Å². The minimum Gasteiger partial charge on any atom is -0.368 e. The van der Waals surface area contributed by atoms with Gasteiger partial charge in [0.2, 0.25) is 5.91 Å². The molecule has 1 atom stereocenters. The quantitative estimate of drug-likeness (QED) is 0.881.